The van der Waals surface area contributed by atoms with E-state index in [4.69, 9.17) is 9.47 Å². The van der Waals surface area contributed by atoms with Crippen LogP contribution in [0.1, 0.15) is 44.6 Å². The number of hydrogen-bond donors (Lipinski definition) is 1. The van der Waals surface area contributed by atoms with Crippen molar-refractivity contribution < 1.29 is 27.5 Å². The van der Waals surface area contributed by atoms with Gasteiger partial charge in [0.2, 0.25) is 21.8 Å². The van der Waals surface area contributed by atoms with Crippen molar-refractivity contribution in [1.82, 2.24) is 10.2 Å². The zero-order valence-electron chi connectivity index (χ0n) is 22.0. The molecule has 0 heterocycles. The Morgan fingerprint density at radius 2 is 1.68 bits per heavy atom. The van der Waals surface area contributed by atoms with E-state index in [9.17, 15) is 18.0 Å². The zero-order valence-corrected chi connectivity index (χ0v) is 22.8. The smallest absolute Gasteiger partial charge is 0.244 e. The van der Waals surface area contributed by atoms with E-state index < -0.39 is 28.5 Å². The van der Waals surface area contributed by atoms with Crippen LogP contribution in [0.5, 0.6) is 11.5 Å². The number of rotatable bonds is 12. The van der Waals surface area contributed by atoms with E-state index in [1.165, 1.54) is 12.0 Å². The summed E-state index contributed by atoms with van der Waals surface area (Å²) >= 11 is 0. The highest BCUT2D eigenvalue weighted by Gasteiger charge is 2.33. The number of amides is 2. The molecule has 0 saturated heterocycles. The maximum atomic E-state index is 13.8. The number of hydrogen-bond acceptors (Lipinski definition) is 6. The highest BCUT2D eigenvalue weighted by atomic mass is 32.2. The van der Waals surface area contributed by atoms with Gasteiger partial charge in [-0.1, -0.05) is 38.0 Å². The highest BCUT2D eigenvalue weighted by molar-refractivity contribution is 7.92. The molecular formula is C27H37N3O6S. The van der Waals surface area contributed by atoms with Crippen molar-refractivity contribution in [2.45, 2.75) is 57.7 Å². The molecule has 1 atom stereocenters. The van der Waals surface area contributed by atoms with Gasteiger partial charge in [-0.2, -0.15) is 0 Å². The maximum absolute atomic E-state index is 13.8. The lowest BCUT2D eigenvalue weighted by atomic mass is 10.1. The van der Waals surface area contributed by atoms with Gasteiger partial charge in [0.05, 0.1) is 26.2 Å². The fourth-order valence-corrected chi connectivity index (χ4v) is 5.44. The molecule has 0 spiro atoms. The van der Waals surface area contributed by atoms with E-state index in [0.717, 1.165) is 41.8 Å². The Labute approximate surface area is 219 Å². The van der Waals surface area contributed by atoms with Crippen LogP contribution < -0.4 is 19.1 Å². The molecule has 3 rings (SSSR count). The van der Waals surface area contributed by atoms with E-state index in [0.29, 0.717) is 23.6 Å². The van der Waals surface area contributed by atoms with Crippen molar-refractivity contribution in [2.75, 3.05) is 31.3 Å². The SMILES string of the molecule is CCC(C(=O)NC1CCCC1)N(Cc1ccc(OC)cc1)C(=O)CN(c1cccc(OC)c1)S(C)(=O)=O. The second-order valence-corrected chi connectivity index (χ2v) is 11.2. The number of carbonyl (C=O) groups is 2. The van der Waals surface area contributed by atoms with Crippen molar-refractivity contribution in [1.29, 1.82) is 0 Å². The molecule has 2 aromatic rings. The quantitative estimate of drug-likeness (QED) is 0.451. The van der Waals surface area contributed by atoms with Crippen molar-refractivity contribution >= 4 is 27.5 Å². The third-order valence-corrected chi connectivity index (χ3v) is 7.76. The van der Waals surface area contributed by atoms with Crippen molar-refractivity contribution in [2.24, 2.45) is 0 Å². The molecule has 10 heteroatoms. The Morgan fingerprint density at radius 1 is 1.03 bits per heavy atom. The average molecular weight is 532 g/mol. The van der Waals surface area contributed by atoms with Gasteiger partial charge in [-0.3, -0.25) is 13.9 Å². The van der Waals surface area contributed by atoms with Crippen LogP contribution in [0.3, 0.4) is 0 Å². The molecule has 2 amide bonds. The van der Waals surface area contributed by atoms with Gasteiger partial charge >= 0.3 is 0 Å². The first-order chi connectivity index (χ1) is 17.7. The van der Waals surface area contributed by atoms with Gasteiger partial charge in [-0.15, -0.1) is 0 Å². The second kappa shape index (κ2) is 12.8. The minimum Gasteiger partial charge on any atom is -0.497 e. The number of anilines is 1. The number of benzene rings is 2. The number of carbonyl (C=O) groups excluding carboxylic acids is 2. The Kier molecular flexibility index (Phi) is 9.79. The first kappa shape index (κ1) is 28.3. The molecule has 1 unspecified atom stereocenters. The minimum atomic E-state index is -3.81. The van der Waals surface area contributed by atoms with Crippen LogP contribution in [-0.2, 0) is 26.2 Å². The summed E-state index contributed by atoms with van der Waals surface area (Å²) in [6.07, 6.45) is 5.43. The van der Waals surface area contributed by atoms with Crippen LogP contribution in [0.4, 0.5) is 5.69 Å². The second-order valence-electron chi connectivity index (χ2n) is 9.25. The third kappa shape index (κ3) is 7.61. The van der Waals surface area contributed by atoms with Crippen LogP contribution in [-0.4, -0.2) is 64.2 Å². The van der Waals surface area contributed by atoms with Crippen molar-refractivity contribution in [3.63, 3.8) is 0 Å². The van der Waals surface area contributed by atoms with Crippen LogP contribution >= 0.6 is 0 Å². The van der Waals surface area contributed by atoms with E-state index in [-0.39, 0.29) is 18.5 Å². The third-order valence-electron chi connectivity index (χ3n) is 6.62. The predicted molar refractivity (Wildman–Crippen MR) is 143 cm³/mol. The van der Waals surface area contributed by atoms with Gasteiger partial charge in [0.15, 0.2) is 0 Å². The molecule has 0 aliphatic heterocycles. The number of sulfonamides is 1. The Morgan fingerprint density at radius 3 is 2.24 bits per heavy atom. The van der Waals surface area contributed by atoms with Crippen LogP contribution in [0.15, 0.2) is 48.5 Å². The summed E-state index contributed by atoms with van der Waals surface area (Å²) in [7, 11) is -0.752. The molecular weight excluding hydrogens is 494 g/mol. The fourth-order valence-electron chi connectivity index (χ4n) is 4.59. The predicted octanol–water partition coefficient (Wildman–Crippen LogP) is 3.34. The standard InChI is InChI=1S/C27H37N3O6S/c1-5-25(27(32)28-21-9-6-7-10-21)29(18-20-13-15-23(35-2)16-14-20)26(31)19-30(37(4,33)34)22-11-8-12-24(17-22)36-3/h8,11-17,21,25H,5-7,9-10,18-19H2,1-4H3,(H,28,32). The molecule has 202 valence electrons. The Hall–Kier alpha value is -3.27. The Bertz CT molecular complexity index is 1160. The van der Waals surface area contributed by atoms with Gasteiger partial charge in [0.25, 0.3) is 0 Å². The largest absolute Gasteiger partial charge is 0.497 e. The van der Waals surface area contributed by atoms with Gasteiger partial charge < -0.3 is 19.7 Å². The molecule has 9 nitrogen and oxygen atoms in total. The molecule has 1 saturated carbocycles. The monoisotopic (exact) mass is 531 g/mol. The van der Waals surface area contributed by atoms with Crippen molar-refractivity contribution in [3.05, 3.63) is 54.1 Å². The van der Waals surface area contributed by atoms with Gasteiger partial charge in [-0.25, -0.2) is 8.42 Å². The summed E-state index contributed by atoms with van der Waals surface area (Å²) in [4.78, 5) is 28.6. The number of ether oxygens (including phenoxy) is 2. The molecule has 2 aromatic carbocycles. The molecule has 1 fully saturated rings. The van der Waals surface area contributed by atoms with Gasteiger partial charge in [0.1, 0.15) is 24.1 Å². The summed E-state index contributed by atoms with van der Waals surface area (Å²) in [5.74, 6) is 0.450. The number of nitrogens with zero attached hydrogens (tertiary/aromatic N) is 2. The molecule has 1 aliphatic rings. The molecule has 0 radical (unpaired) electrons. The molecule has 1 aliphatic carbocycles. The number of nitrogens with one attached hydrogen (secondary N) is 1. The average Bonchev–Trinajstić information content (AvgIpc) is 3.39. The molecule has 0 aromatic heterocycles. The van der Waals surface area contributed by atoms with Gasteiger partial charge in [0, 0.05) is 18.7 Å². The normalized spacial score (nSPS) is 14.6. The summed E-state index contributed by atoms with van der Waals surface area (Å²) < 4.78 is 37.0. The van der Waals surface area contributed by atoms with Gasteiger partial charge in [-0.05, 0) is 49.1 Å². The van der Waals surface area contributed by atoms with Crippen LogP contribution in [0.25, 0.3) is 0 Å². The summed E-state index contributed by atoms with van der Waals surface area (Å²) in [5.41, 5.74) is 1.11. The van der Waals surface area contributed by atoms with E-state index in [1.807, 2.05) is 19.1 Å². The zero-order chi connectivity index (χ0) is 27.0. The lowest BCUT2D eigenvalue weighted by Crippen LogP contribution is -2.53. The maximum Gasteiger partial charge on any atom is 0.244 e. The lowest BCUT2D eigenvalue weighted by molar-refractivity contribution is -0.140. The minimum absolute atomic E-state index is 0.101. The first-order valence-corrected chi connectivity index (χ1v) is 14.4. The van der Waals surface area contributed by atoms with Crippen LogP contribution in [0.2, 0.25) is 0 Å². The number of methoxy groups -OCH3 is 2. The fraction of sp³-hybridized carbons (Fsp3) is 0.481. The van der Waals surface area contributed by atoms with Crippen LogP contribution in [0, 0.1) is 0 Å². The van der Waals surface area contributed by atoms with Crippen molar-refractivity contribution in [3.8, 4) is 11.5 Å². The topological polar surface area (TPSA) is 105 Å². The first-order valence-electron chi connectivity index (χ1n) is 12.5. The Balaban J connectivity index is 1.92. The molecule has 1 N–H and O–H groups in total. The van der Waals surface area contributed by atoms with E-state index >= 15 is 0 Å². The highest BCUT2D eigenvalue weighted by Crippen LogP contribution is 2.25. The summed E-state index contributed by atoms with van der Waals surface area (Å²) in [5, 5.41) is 3.10. The summed E-state index contributed by atoms with van der Waals surface area (Å²) in [6.45, 7) is 1.55. The van der Waals surface area contributed by atoms with E-state index in [2.05, 4.69) is 5.32 Å². The molecule has 0 bridgehead atoms. The lowest BCUT2D eigenvalue weighted by Gasteiger charge is -2.33. The molecule has 37 heavy (non-hydrogen) atoms. The summed E-state index contributed by atoms with van der Waals surface area (Å²) in [6, 6.07) is 13.1. The van der Waals surface area contributed by atoms with E-state index in [1.54, 1.807) is 43.5 Å².